The standard InChI is InChI=1S/C16H16BrClN2O/c1-10(19-14-6-7-16(18)15(17)9-14)12-4-3-5-13(8-12)20-11(2)21/h3-10,19H,1-2H3,(H,20,21). The molecule has 0 bridgehead atoms. The van der Waals surface area contributed by atoms with E-state index in [0.717, 1.165) is 21.4 Å². The molecule has 0 heterocycles. The van der Waals surface area contributed by atoms with Gasteiger partial charge in [-0.25, -0.2) is 0 Å². The maximum Gasteiger partial charge on any atom is 0.221 e. The van der Waals surface area contributed by atoms with E-state index in [9.17, 15) is 4.79 Å². The molecule has 2 rings (SSSR count). The Balaban J connectivity index is 2.14. The lowest BCUT2D eigenvalue weighted by Crippen LogP contribution is -2.09. The van der Waals surface area contributed by atoms with Crippen molar-refractivity contribution < 1.29 is 4.79 Å². The molecule has 0 aliphatic rings. The van der Waals surface area contributed by atoms with Crippen molar-refractivity contribution in [2.75, 3.05) is 10.6 Å². The van der Waals surface area contributed by atoms with Crippen LogP contribution < -0.4 is 10.6 Å². The van der Waals surface area contributed by atoms with Crippen molar-refractivity contribution in [3.63, 3.8) is 0 Å². The van der Waals surface area contributed by atoms with Crippen LogP contribution in [0.5, 0.6) is 0 Å². The van der Waals surface area contributed by atoms with Crippen molar-refractivity contribution in [3.05, 3.63) is 57.5 Å². The van der Waals surface area contributed by atoms with Crippen LogP contribution in [-0.2, 0) is 4.79 Å². The summed E-state index contributed by atoms with van der Waals surface area (Å²) in [4.78, 5) is 11.1. The molecule has 2 aromatic rings. The predicted molar refractivity (Wildman–Crippen MR) is 91.9 cm³/mol. The zero-order valence-electron chi connectivity index (χ0n) is 11.8. The van der Waals surface area contributed by atoms with Crippen LogP contribution >= 0.6 is 27.5 Å². The van der Waals surface area contributed by atoms with Crippen molar-refractivity contribution in [1.82, 2.24) is 0 Å². The lowest BCUT2D eigenvalue weighted by atomic mass is 10.1. The molecule has 0 aliphatic heterocycles. The molecule has 0 saturated heterocycles. The van der Waals surface area contributed by atoms with Crippen molar-refractivity contribution in [1.29, 1.82) is 0 Å². The van der Waals surface area contributed by atoms with Gasteiger partial charge in [0.05, 0.1) is 5.02 Å². The first-order chi connectivity index (χ1) is 9.95. The third kappa shape index (κ3) is 4.48. The summed E-state index contributed by atoms with van der Waals surface area (Å²) in [5, 5.41) is 6.88. The zero-order chi connectivity index (χ0) is 15.4. The van der Waals surface area contributed by atoms with E-state index in [0.29, 0.717) is 5.02 Å². The number of amides is 1. The highest BCUT2D eigenvalue weighted by atomic mass is 79.9. The first-order valence-corrected chi connectivity index (χ1v) is 7.72. The molecule has 0 aromatic heterocycles. The van der Waals surface area contributed by atoms with Crippen molar-refractivity contribution in [3.8, 4) is 0 Å². The fourth-order valence-electron chi connectivity index (χ4n) is 2.01. The van der Waals surface area contributed by atoms with Crippen molar-refractivity contribution in [2.45, 2.75) is 19.9 Å². The van der Waals surface area contributed by atoms with Gasteiger partial charge in [0.1, 0.15) is 0 Å². The first-order valence-electron chi connectivity index (χ1n) is 6.55. The Morgan fingerprint density at radius 3 is 2.62 bits per heavy atom. The quantitative estimate of drug-likeness (QED) is 0.776. The van der Waals surface area contributed by atoms with Crippen LogP contribution in [0, 0.1) is 0 Å². The van der Waals surface area contributed by atoms with E-state index >= 15 is 0 Å². The van der Waals surface area contributed by atoms with Crippen LogP contribution in [0.4, 0.5) is 11.4 Å². The van der Waals surface area contributed by atoms with Crippen LogP contribution in [0.1, 0.15) is 25.5 Å². The molecular formula is C16H16BrClN2O. The van der Waals surface area contributed by atoms with Crippen molar-refractivity contribution in [2.24, 2.45) is 0 Å². The Hall–Kier alpha value is -1.52. The number of carbonyl (C=O) groups excluding carboxylic acids is 1. The summed E-state index contributed by atoms with van der Waals surface area (Å²) in [7, 11) is 0. The number of benzene rings is 2. The van der Waals surface area contributed by atoms with Crippen LogP contribution in [0.2, 0.25) is 5.02 Å². The van der Waals surface area contributed by atoms with E-state index in [-0.39, 0.29) is 11.9 Å². The fourth-order valence-corrected chi connectivity index (χ4v) is 2.50. The summed E-state index contributed by atoms with van der Waals surface area (Å²) >= 11 is 9.40. The number of hydrogen-bond acceptors (Lipinski definition) is 2. The lowest BCUT2D eigenvalue weighted by Gasteiger charge is -2.17. The van der Waals surface area contributed by atoms with Gasteiger partial charge in [-0.3, -0.25) is 4.79 Å². The van der Waals surface area contributed by atoms with Crippen LogP contribution in [-0.4, -0.2) is 5.91 Å². The van der Waals surface area contributed by atoms with Gasteiger partial charge in [-0.15, -0.1) is 0 Å². The minimum Gasteiger partial charge on any atom is -0.378 e. The van der Waals surface area contributed by atoms with Gasteiger partial charge in [-0.2, -0.15) is 0 Å². The molecule has 1 atom stereocenters. The Kier molecular flexibility index (Phi) is 5.26. The topological polar surface area (TPSA) is 41.1 Å². The highest BCUT2D eigenvalue weighted by molar-refractivity contribution is 9.10. The number of carbonyl (C=O) groups is 1. The fraction of sp³-hybridized carbons (Fsp3) is 0.188. The highest BCUT2D eigenvalue weighted by Gasteiger charge is 2.07. The number of halogens is 2. The zero-order valence-corrected chi connectivity index (χ0v) is 14.1. The highest BCUT2D eigenvalue weighted by Crippen LogP contribution is 2.28. The maximum atomic E-state index is 11.1. The molecule has 5 heteroatoms. The summed E-state index contributed by atoms with van der Waals surface area (Å²) in [6.07, 6.45) is 0. The Labute approximate surface area is 137 Å². The minimum atomic E-state index is -0.0746. The normalized spacial score (nSPS) is 11.8. The molecule has 21 heavy (non-hydrogen) atoms. The smallest absolute Gasteiger partial charge is 0.221 e. The molecule has 2 aromatic carbocycles. The van der Waals surface area contributed by atoms with Crippen LogP contribution in [0.15, 0.2) is 46.9 Å². The second-order valence-corrected chi connectivity index (χ2v) is 6.06. The Bertz CT molecular complexity index is 660. The van der Waals surface area contributed by atoms with E-state index in [1.807, 2.05) is 42.5 Å². The number of hydrogen-bond donors (Lipinski definition) is 2. The number of rotatable bonds is 4. The first kappa shape index (κ1) is 15.9. The SMILES string of the molecule is CC(=O)Nc1cccc(C(C)Nc2ccc(Cl)c(Br)c2)c1. The summed E-state index contributed by atoms with van der Waals surface area (Å²) in [6.45, 7) is 3.56. The lowest BCUT2D eigenvalue weighted by molar-refractivity contribution is -0.114. The second kappa shape index (κ2) is 6.96. The summed E-state index contributed by atoms with van der Waals surface area (Å²) < 4.78 is 0.855. The average Bonchev–Trinajstić information content (AvgIpc) is 2.42. The van der Waals surface area contributed by atoms with Gasteiger partial charge in [0, 0.05) is 28.8 Å². The molecule has 0 aliphatic carbocycles. The summed E-state index contributed by atoms with van der Waals surface area (Å²) in [5.41, 5.74) is 2.86. The molecule has 3 nitrogen and oxygen atoms in total. The predicted octanol–water partition coefficient (Wildman–Crippen LogP) is 5.23. The molecule has 1 unspecified atom stereocenters. The van der Waals surface area contributed by atoms with Gasteiger partial charge in [-0.05, 0) is 58.7 Å². The van der Waals surface area contributed by atoms with E-state index < -0.39 is 0 Å². The van der Waals surface area contributed by atoms with Crippen LogP contribution in [0.25, 0.3) is 0 Å². The van der Waals surface area contributed by atoms with E-state index in [4.69, 9.17) is 11.6 Å². The van der Waals surface area contributed by atoms with Gasteiger partial charge in [-0.1, -0.05) is 23.7 Å². The minimum absolute atomic E-state index is 0.0746. The molecule has 110 valence electrons. The Morgan fingerprint density at radius 2 is 1.95 bits per heavy atom. The summed E-state index contributed by atoms with van der Waals surface area (Å²) in [5.74, 6) is -0.0746. The van der Waals surface area contributed by atoms with E-state index in [1.54, 1.807) is 0 Å². The van der Waals surface area contributed by atoms with Gasteiger partial charge in [0.25, 0.3) is 0 Å². The third-order valence-corrected chi connectivity index (χ3v) is 4.22. The van der Waals surface area contributed by atoms with Crippen LogP contribution in [0.3, 0.4) is 0 Å². The van der Waals surface area contributed by atoms with Gasteiger partial charge in [0.2, 0.25) is 5.91 Å². The molecule has 0 fully saturated rings. The van der Waals surface area contributed by atoms with Gasteiger partial charge < -0.3 is 10.6 Å². The van der Waals surface area contributed by atoms with E-state index in [1.165, 1.54) is 6.92 Å². The molecule has 0 spiro atoms. The number of nitrogens with one attached hydrogen (secondary N) is 2. The molecule has 0 saturated carbocycles. The third-order valence-electron chi connectivity index (χ3n) is 3.01. The van der Waals surface area contributed by atoms with Gasteiger partial charge in [0.15, 0.2) is 0 Å². The molecule has 1 amide bonds. The largest absolute Gasteiger partial charge is 0.378 e. The molecule has 0 radical (unpaired) electrons. The molecule has 2 N–H and O–H groups in total. The van der Waals surface area contributed by atoms with Gasteiger partial charge >= 0.3 is 0 Å². The Morgan fingerprint density at radius 1 is 1.19 bits per heavy atom. The average molecular weight is 368 g/mol. The summed E-state index contributed by atoms with van der Waals surface area (Å²) in [6, 6.07) is 13.6. The second-order valence-electron chi connectivity index (χ2n) is 4.80. The monoisotopic (exact) mass is 366 g/mol. The van der Waals surface area contributed by atoms with Crippen molar-refractivity contribution >= 4 is 44.8 Å². The maximum absolute atomic E-state index is 11.1. The molecular weight excluding hydrogens is 352 g/mol. The number of anilines is 2. The van der Waals surface area contributed by atoms with E-state index in [2.05, 4.69) is 33.5 Å².